The summed E-state index contributed by atoms with van der Waals surface area (Å²) in [4.78, 5) is 32.3. The van der Waals surface area contributed by atoms with Gasteiger partial charge in [0.15, 0.2) is 11.6 Å². The molecule has 1 N–H and O–H groups in total. The third-order valence-corrected chi connectivity index (χ3v) is 5.71. The Morgan fingerprint density at radius 1 is 1.26 bits per heavy atom. The van der Waals surface area contributed by atoms with E-state index in [-0.39, 0.29) is 42.2 Å². The van der Waals surface area contributed by atoms with E-state index in [9.17, 15) is 18.4 Å². The highest BCUT2D eigenvalue weighted by Gasteiger charge is 2.45. The minimum atomic E-state index is -0.994. The van der Waals surface area contributed by atoms with Crippen molar-refractivity contribution in [3.05, 3.63) is 58.9 Å². The van der Waals surface area contributed by atoms with E-state index in [0.717, 1.165) is 18.1 Å². The van der Waals surface area contributed by atoms with E-state index in [2.05, 4.69) is 10.3 Å². The van der Waals surface area contributed by atoms with E-state index in [1.54, 1.807) is 11.1 Å². The number of hydrogen-bond donors (Lipinski definition) is 1. The number of anilines is 1. The van der Waals surface area contributed by atoms with E-state index >= 15 is 0 Å². The van der Waals surface area contributed by atoms with Crippen molar-refractivity contribution in [1.29, 1.82) is 0 Å². The van der Waals surface area contributed by atoms with Gasteiger partial charge in [0, 0.05) is 30.4 Å². The summed E-state index contributed by atoms with van der Waals surface area (Å²) in [5, 5.41) is 2.52. The van der Waals surface area contributed by atoms with Crippen LogP contribution in [-0.2, 0) is 11.3 Å². The number of hydrogen-bond acceptors (Lipinski definition) is 3. The number of halogens is 2. The molecule has 0 radical (unpaired) electrons. The third-order valence-electron chi connectivity index (χ3n) is 5.71. The molecule has 1 aliphatic carbocycles. The second kappa shape index (κ2) is 5.73. The van der Waals surface area contributed by atoms with Crippen molar-refractivity contribution in [2.24, 2.45) is 0 Å². The van der Waals surface area contributed by atoms with Crippen molar-refractivity contribution in [3.63, 3.8) is 0 Å². The quantitative estimate of drug-likeness (QED) is 0.884. The highest BCUT2D eigenvalue weighted by atomic mass is 19.2. The summed E-state index contributed by atoms with van der Waals surface area (Å²) < 4.78 is 27.6. The Bertz CT molecular complexity index is 980. The first kappa shape index (κ1) is 16.2. The fourth-order valence-electron chi connectivity index (χ4n) is 4.40. The molecule has 0 unspecified atom stereocenters. The number of pyridine rings is 1. The van der Waals surface area contributed by atoms with Crippen molar-refractivity contribution >= 4 is 17.6 Å². The lowest BCUT2D eigenvalue weighted by Gasteiger charge is -2.33. The smallest absolute Gasteiger partial charge is 0.322 e. The third kappa shape index (κ3) is 2.39. The Morgan fingerprint density at radius 2 is 2.11 bits per heavy atom. The van der Waals surface area contributed by atoms with Crippen LogP contribution in [0.4, 0.5) is 19.3 Å². The normalized spacial score (nSPS) is 22.5. The Labute approximate surface area is 153 Å². The number of carbonyl (C=O) groups excluding carboxylic acids is 2. The van der Waals surface area contributed by atoms with Gasteiger partial charge in [-0.15, -0.1) is 0 Å². The van der Waals surface area contributed by atoms with Crippen LogP contribution in [0.15, 0.2) is 30.6 Å². The van der Waals surface area contributed by atoms with Crippen LogP contribution in [0.3, 0.4) is 0 Å². The van der Waals surface area contributed by atoms with Gasteiger partial charge in [-0.2, -0.15) is 0 Å². The fourth-order valence-corrected chi connectivity index (χ4v) is 4.40. The molecule has 1 aromatic carbocycles. The molecule has 138 valence electrons. The highest BCUT2D eigenvalue weighted by Crippen LogP contribution is 2.49. The van der Waals surface area contributed by atoms with Gasteiger partial charge in [0.1, 0.15) is 6.54 Å². The van der Waals surface area contributed by atoms with Crippen LogP contribution in [-0.4, -0.2) is 39.8 Å². The molecule has 6 nitrogen and oxygen atoms in total. The molecule has 1 saturated heterocycles. The molecule has 3 heterocycles. The van der Waals surface area contributed by atoms with Crippen LogP contribution >= 0.6 is 0 Å². The molecule has 3 aliphatic rings. The Hall–Kier alpha value is -3.03. The number of amides is 3. The molecule has 3 amide bonds. The molecule has 27 heavy (non-hydrogen) atoms. The van der Waals surface area contributed by atoms with Gasteiger partial charge in [-0.1, -0.05) is 0 Å². The van der Waals surface area contributed by atoms with E-state index in [4.69, 9.17) is 0 Å². The molecule has 5 rings (SSSR count). The Morgan fingerprint density at radius 3 is 2.96 bits per heavy atom. The summed E-state index contributed by atoms with van der Waals surface area (Å²) in [7, 11) is 0. The standard InChI is InChI=1S/C19H16F2N4O2/c20-14-1-2-15-13(18(14)21)8-24(19(27)23-15)9-17(26)25-7-10-5-16(25)11-3-4-22-6-12(10)11/h1-4,6,10,16H,5,7-9H2,(H,23,27)/t10-,16-/m1/s1. The lowest BCUT2D eigenvalue weighted by molar-refractivity contribution is -0.133. The number of aromatic nitrogens is 1. The summed E-state index contributed by atoms with van der Waals surface area (Å²) in [5.41, 5.74) is 2.59. The largest absolute Gasteiger partial charge is 0.333 e. The van der Waals surface area contributed by atoms with Gasteiger partial charge in [0.25, 0.3) is 0 Å². The zero-order chi connectivity index (χ0) is 18.7. The number of benzene rings is 1. The monoisotopic (exact) mass is 370 g/mol. The second-order valence-corrected chi connectivity index (χ2v) is 7.17. The van der Waals surface area contributed by atoms with E-state index in [0.29, 0.717) is 6.54 Å². The first-order chi connectivity index (χ1) is 13.0. The van der Waals surface area contributed by atoms with Gasteiger partial charge in [-0.3, -0.25) is 9.78 Å². The molecule has 2 aliphatic heterocycles. The van der Waals surface area contributed by atoms with Crippen molar-refractivity contribution in [3.8, 4) is 0 Å². The number of urea groups is 1. The SMILES string of the molecule is O=C1Nc2ccc(F)c(F)c2CN1CC(=O)N1C[C@H]2C[C@@H]1c1ccncc12. The van der Waals surface area contributed by atoms with Gasteiger partial charge in [-0.05, 0) is 35.7 Å². The molecule has 2 aromatic rings. The first-order valence-corrected chi connectivity index (χ1v) is 8.79. The van der Waals surface area contributed by atoms with Gasteiger partial charge < -0.3 is 15.1 Å². The predicted octanol–water partition coefficient (Wildman–Crippen LogP) is 2.78. The number of fused-ring (bicyclic) bond motifs is 6. The minimum Gasteiger partial charge on any atom is -0.333 e. The molecular formula is C19H16F2N4O2. The van der Waals surface area contributed by atoms with Crippen LogP contribution in [0, 0.1) is 11.6 Å². The maximum absolute atomic E-state index is 14.1. The minimum absolute atomic E-state index is 0.00480. The first-order valence-electron chi connectivity index (χ1n) is 8.79. The van der Waals surface area contributed by atoms with Crippen molar-refractivity contribution in [2.75, 3.05) is 18.4 Å². The Kier molecular flexibility index (Phi) is 3.43. The van der Waals surface area contributed by atoms with Crippen molar-refractivity contribution in [2.45, 2.75) is 24.9 Å². The Balaban J connectivity index is 1.35. The maximum atomic E-state index is 14.1. The predicted molar refractivity (Wildman–Crippen MR) is 91.8 cm³/mol. The van der Waals surface area contributed by atoms with Crippen LogP contribution in [0.2, 0.25) is 0 Å². The molecule has 0 spiro atoms. The molecule has 8 heteroatoms. The molecule has 2 atom stereocenters. The molecule has 1 fully saturated rings. The number of likely N-dealkylation sites (tertiary alicyclic amines) is 1. The molecular weight excluding hydrogens is 354 g/mol. The van der Waals surface area contributed by atoms with Crippen LogP contribution in [0.1, 0.15) is 35.1 Å². The average Bonchev–Trinajstić information content (AvgIpc) is 3.26. The van der Waals surface area contributed by atoms with Crippen molar-refractivity contribution < 1.29 is 18.4 Å². The van der Waals surface area contributed by atoms with E-state index in [1.165, 1.54) is 16.5 Å². The zero-order valence-corrected chi connectivity index (χ0v) is 14.3. The summed E-state index contributed by atoms with van der Waals surface area (Å²) in [6.07, 6.45) is 4.43. The number of carbonyl (C=O) groups is 2. The number of nitrogens with zero attached hydrogens (tertiary/aromatic N) is 3. The lowest BCUT2D eigenvalue weighted by atomic mass is 10.0. The zero-order valence-electron chi connectivity index (χ0n) is 14.3. The van der Waals surface area contributed by atoms with Crippen LogP contribution in [0.25, 0.3) is 0 Å². The summed E-state index contributed by atoms with van der Waals surface area (Å²) >= 11 is 0. The second-order valence-electron chi connectivity index (χ2n) is 7.17. The van der Waals surface area contributed by atoms with Crippen LogP contribution < -0.4 is 5.32 Å². The maximum Gasteiger partial charge on any atom is 0.322 e. The van der Waals surface area contributed by atoms with Crippen LogP contribution in [0.5, 0.6) is 0 Å². The van der Waals surface area contributed by atoms with Gasteiger partial charge in [0.2, 0.25) is 5.91 Å². The molecule has 1 aromatic heterocycles. The van der Waals surface area contributed by atoms with Gasteiger partial charge in [0.05, 0.1) is 18.3 Å². The average molecular weight is 370 g/mol. The lowest BCUT2D eigenvalue weighted by Crippen LogP contribution is -2.46. The summed E-state index contributed by atoms with van der Waals surface area (Å²) in [6, 6.07) is 3.74. The van der Waals surface area contributed by atoms with Gasteiger partial charge in [-0.25, -0.2) is 13.6 Å². The fraction of sp³-hybridized carbons (Fsp3) is 0.316. The molecule has 2 bridgehead atoms. The number of nitrogens with one attached hydrogen (secondary N) is 1. The molecule has 0 saturated carbocycles. The van der Waals surface area contributed by atoms with Crippen molar-refractivity contribution in [1.82, 2.24) is 14.8 Å². The number of rotatable bonds is 2. The van der Waals surface area contributed by atoms with E-state index in [1.807, 2.05) is 12.3 Å². The summed E-state index contributed by atoms with van der Waals surface area (Å²) in [6.45, 7) is 0.279. The van der Waals surface area contributed by atoms with Gasteiger partial charge >= 0.3 is 6.03 Å². The van der Waals surface area contributed by atoms with E-state index < -0.39 is 17.7 Å². The summed E-state index contributed by atoms with van der Waals surface area (Å²) in [5.74, 6) is -1.89. The highest BCUT2D eigenvalue weighted by molar-refractivity contribution is 5.95. The topological polar surface area (TPSA) is 65.5 Å².